The highest BCUT2D eigenvalue weighted by molar-refractivity contribution is 5.77. The van der Waals surface area contributed by atoms with Gasteiger partial charge in [0.2, 0.25) is 11.8 Å². The quantitative estimate of drug-likeness (QED) is 0.184. The van der Waals surface area contributed by atoms with E-state index < -0.39 is 73.4 Å². The fourth-order valence-corrected chi connectivity index (χ4v) is 2.84. The molecule has 0 unspecified atom stereocenters. The second kappa shape index (κ2) is 10.8. The first-order valence-corrected chi connectivity index (χ1v) is 8.67. The van der Waals surface area contributed by atoms with E-state index in [0.717, 1.165) is 6.92 Å². The van der Waals surface area contributed by atoms with Gasteiger partial charge in [-0.2, -0.15) is 0 Å². The first kappa shape index (κ1) is 24.4. The van der Waals surface area contributed by atoms with Crippen LogP contribution in [0.3, 0.4) is 0 Å². The third kappa shape index (κ3) is 6.17. The standard InChI is InChI=1S/C16H28N2O10/c1-6-12(24)11(18-8(3)22)14(26)16(27-6)28-15(13(25)10(23)5-20)9(4-19)17-7(2)21/h4,6,9-16,20,23-26H,5H2,1-3H3,(H,17,21)(H,18,22)/t6-,9+,10-,11+,12-,13+,14-,15-,16+/m1/s1. The van der Waals surface area contributed by atoms with Gasteiger partial charge >= 0.3 is 0 Å². The summed E-state index contributed by atoms with van der Waals surface area (Å²) in [5, 5.41) is 54.2. The summed E-state index contributed by atoms with van der Waals surface area (Å²) in [6.45, 7) is 2.86. The van der Waals surface area contributed by atoms with Crippen LogP contribution in [0.25, 0.3) is 0 Å². The van der Waals surface area contributed by atoms with Crippen molar-refractivity contribution < 1.29 is 49.4 Å². The molecule has 1 rings (SSSR count). The van der Waals surface area contributed by atoms with Gasteiger partial charge in [-0.1, -0.05) is 0 Å². The molecule has 9 atom stereocenters. The Morgan fingerprint density at radius 1 is 1.18 bits per heavy atom. The maximum atomic E-state index is 11.4. The molecule has 0 spiro atoms. The molecular formula is C16H28N2O10. The maximum Gasteiger partial charge on any atom is 0.217 e. The van der Waals surface area contributed by atoms with Gasteiger partial charge in [-0.15, -0.1) is 0 Å². The number of aldehydes is 1. The normalized spacial score (nSPS) is 31.9. The molecule has 1 heterocycles. The molecule has 0 aromatic carbocycles. The molecule has 1 aliphatic heterocycles. The van der Waals surface area contributed by atoms with E-state index in [1.807, 2.05) is 0 Å². The van der Waals surface area contributed by atoms with Gasteiger partial charge < -0.3 is 50.4 Å². The van der Waals surface area contributed by atoms with E-state index in [-0.39, 0.29) is 6.29 Å². The number of aliphatic hydroxyl groups excluding tert-OH is 5. The van der Waals surface area contributed by atoms with E-state index in [1.54, 1.807) is 0 Å². The predicted molar refractivity (Wildman–Crippen MR) is 91.6 cm³/mol. The van der Waals surface area contributed by atoms with Crippen LogP contribution >= 0.6 is 0 Å². The molecule has 0 aliphatic carbocycles. The molecule has 7 N–H and O–H groups in total. The van der Waals surface area contributed by atoms with Crippen molar-refractivity contribution in [2.75, 3.05) is 6.61 Å². The Balaban J connectivity index is 3.12. The lowest BCUT2D eigenvalue weighted by Gasteiger charge is -2.43. The third-order valence-corrected chi connectivity index (χ3v) is 4.29. The van der Waals surface area contributed by atoms with Crippen LogP contribution in [-0.4, -0.2) is 105 Å². The minimum Gasteiger partial charge on any atom is -0.394 e. The van der Waals surface area contributed by atoms with Gasteiger partial charge in [-0.05, 0) is 6.92 Å². The topological polar surface area (TPSA) is 195 Å². The van der Waals surface area contributed by atoms with Crippen LogP contribution in [0.2, 0.25) is 0 Å². The average molecular weight is 408 g/mol. The lowest BCUT2D eigenvalue weighted by Crippen LogP contribution is -2.65. The predicted octanol–water partition coefficient (Wildman–Crippen LogP) is -4.24. The van der Waals surface area contributed by atoms with Gasteiger partial charge in [0.25, 0.3) is 0 Å². The number of carbonyl (C=O) groups is 3. The highest BCUT2D eigenvalue weighted by Crippen LogP contribution is 2.25. The zero-order chi connectivity index (χ0) is 21.6. The smallest absolute Gasteiger partial charge is 0.217 e. The Labute approximate surface area is 161 Å². The lowest BCUT2D eigenvalue weighted by atomic mass is 9.96. The molecule has 0 aromatic rings. The van der Waals surface area contributed by atoms with E-state index >= 15 is 0 Å². The molecule has 12 nitrogen and oxygen atoms in total. The molecule has 1 fully saturated rings. The van der Waals surface area contributed by atoms with Crippen molar-refractivity contribution in [2.24, 2.45) is 0 Å². The first-order valence-electron chi connectivity index (χ1n) is 8.67. The molecule has 28 heavy (non-hydrogen) atoms. The number of nitrogens with one attached hydrogen (secondary N) is 2. The van der Waals surface area contributed by atoms with Crippen LogP contribution in [0, 0.1) is 0 Å². The zero-order valence-electron chi connectivity index (χ0n) is 15.8. The first-order chi connectivity index (χ1) is 13.0. The molecule has 12 heteroatoms. The number of aliphatic hydroxyl groups is 5. The van der Waals surface area contributed by atoms with E-state index in [4.69, 9.17) is 14.6 Å². The summed E-state index contributed by atoms with van der Waals surface area (Å²) in [5.74, 6) is -1.17. The number of rotatable bonds is 9. The van der Waals surface area contributed by atoms with E-state index in [9.17, 15) is 34.8 Å². The second-order valence-electron chi connectivity index (χ2n) is 6.62. The number of ether oxygens (including phenoxy) is 2. The Morgan fingerprint density at radius 2 is 1.79 bits per heavy atom. The Bertz CT molecular complexity index is 548. The van der Waals surface area contributed by atoms with Crippen LogP contribution in [0.15, 0.2) is 0 Å². The van der Waals surface area contributed by atoms with E-state index in [2.05, 4.69) is 10.6 Å². The average Bonchev–Trinajstić information content (AvgIpc) is 2.63. The molecule has 1 aliphatic rings. The van der Waals surface area contributed by atoms with Crippen molar-refractivity contribution in [2.45, 2.75) is 75.8 Å². The molecule has 2 amide bonds. The highest BCUT2D eigenvalue weighted by atomic mass is 16.7. The Morgan fingerprint density at radius 3 is 2.25 bits per heavy atom. The van der Waals surface area contributed by atoms with Crippen molar-refractivity contribution in [1.29, 1.82) is 0 Å². The third-order valence-electron chi connectivity index (χ3n) is 4.29. The molecular weight excluding hydrogens is 380 g/mol. The molecule has 1 saturated heterocycles. The van der Waals surface area contributed by atoms with Crippen LogP contribution in [-0.2, 0) is 23.9 Å². The van der Waals surface area contributed by atoms with Crippen molar-refractivity contribution >= 4 is 18.1 Å². The Kier molecular flexibility index (Phi) is 9.36. The summed E-state index contributed by atoms with van der Waals surface area (Å²) in [5.41, 5.74) is 0. The van der Waals surface area contributed by atoms with Gasteiger partial charge in [-0.3, -0.25) is 9.59 Å². The van der Waals surface area contributed by atoms with Crippen molar-refractivity contribution in [3.63, 3.8) is 0 Å². The summed E-state index contributed by atoms with van der Waals surface area (Å²) >= 11 is 0. The van der Waals surface area contributed by atoms with Gasteiger partial charge in [0.15, 0.2) is 6.29 Å². The summed E-state index contributed by atoms with van der Waals surface area (Å²) < 4.78 is 10.8. The van der Waals surface area contributed by atoms with Crippen LogP contribution in [0.1, 0.15) is 20.8 Å². The monoisotopic (exact) mass is 408 g/mol. The van der Waals surface area contributed by atoms with E-state index in [1.165, 1.54) is 13.8 Å². The number of carbonyl (C=O) groups excluding carboxylic acids is 3. The zero-order valence-corrected chi connectivity index (χ0v) is 15.8. The maximum absolute atomic E-state index is 11.4. The molecule has 0 aromatic heterocycles. The minimum absolute atomic E-state index is 0.248. The molecule has 0 bridgehead atoms. The fraction of sp³-hybridized carbons (Fsp3) is 0.812. The van der Waals surface area contributed by atoms with Crippen molar-refractivity contribution in [1.82, 2.24) is 10.6 Å². The van der Waals surface area contributed by atoms with Crippen LogP contribution < -0.4 is 10.6 Å². The number of amides is 2. The fourth-order valence-electron chi connectivity index (χ4n) is 2.84. The van der Waals surface area contributed by atoms with Gasteiger partial charge in [-0.25, -0.2) is 0 Å². The Hall–Kier alpha value is -1.67. The summed E-state index contributed by atoms with van der Waals surface area (Å²) in [6.07, 6.45) is -10.3. The summed E-state index contributed by atoms with van der Waals surface area (Å²) in [6, 6.07) is -2.63. The minimum atomic E-state index is -1.84. The van der Waals surface area contributed by atoms with Crippen molar-refractivity contribution in [3.05, 3.63) is 0 Å². The van der Waals surface area contributed by atoms with Crippen LogP contribution in [0.4, 0.5) is 0 Å². The lowest BCUT2D eigenvalue weighted by molar-refractivity contribution is -0.296. The second-order valence-corrected chi connectivity index (χ2v) is 6.62. The number of hydrogen-bond acceptors (Lipinski definition) is 10. The SMILES string of the molecule is CC(=O)N[C@@H]1[C@@H](O)[C@H](O[C@@H]([C@@H](O)[C@H](O)CO)[C@H](C=O)NC(C)=O)O[C@H](C)[C@H]1O. The van der Waals surface area contributed by atoms with Gasteiger partial charge in [0.05, 0.1) is 18.8 Å². The largest absolute Gasteiger partial charge is 0.394 e. The van der Waals surface area contributed by atoms with Gasteiger partial charge in [0, 0.05) is 13.8 Å². The van der Waals surface area contributed by atoms with Gasteiger partial charge in [0.1, 0.15) is 42.8 Å². The van der Waals surface area contributed by atoms with Crippen molar-refractivity contribution in [3.8, 4) is 0 Å². The summed E-state index contributed by atoms with van der Waals surface area (Å²) in [4.78, 5) is 34.1. The van der Waals surface area contributed by atoms with Crippen LogP contribution in [0.5, 0.6) is 0 Å². The molecule has 0 radical (unpaired) electrons. The number of hydrogen-bond donors (Lipinski definition) is 7. The highest BCUT2D eigenvalue weighted by Gasteiger charge is 2.46. The summed E-state index contributed by atoms with van der Waals surface area (Å²) in [7, 11) is 0. The molecule has 162 valence electrons. The molecule has 0 saturated carbocycles. The van der Waals surface area contributed by atoms with E-state index in [0.29, 0.717) is 0 Å².